The number of aliphatic hydroxyl groups is 1. The monoisotopic (exact) mass is 435 g/mol. The molecule has 2 atom stereocenters. The van der Waals surface area contributed by atoms with Crippen LogP contribution in [0.1, 0.15) is 17.4 Å². The number of hydrogen-bond acceptors (Lipinski definition) is 7. The molecular weight excluding hydrogens is 415 g/mol. The first-order valence-electron chi connectivity index (χ1n) is 9.23. The van der Waals surface area contributed by atoms with Crippen LogP contribution < -0.4 is 10.6 Å². The molecule has 1 aromatic carbocycles. The van der Waals surface area contributed by atoms with Crippen LogP contribution in [0.2, 0.25) is 0 Å². The van der Waals surface area contributed by atoms with Crippen molar-refractivity contribution in [3.63, 3.8) is 0 Å². The summed E-state index contributed by atoms with van der Waals surface area (Å²) in [5.74, 6) is -1.24. The first-order valence-corrected chi connectivity index (χ1v) is 9.23. The Labute approximate surface area is 175 Å². The number of anilines is 1. The molecule has 2 heterocycles. The summed E-state index contributed by atoms with van der Waals surface area (Å²) in [6.45, 7) is -0.781. The van der Waals surface area contributed by atoms with E-state index < -0.39 is 31.2 Å². The van der Waals surface area contributed by atoms with Gasteiger partial charge in [0.15, 0.2) is 0 Å². The van der Waals surface area contributed by atoms with E-state index in [-0.39, 0.29) is 5.56 Å². The number of halogens is 3. The zero-order valence-electron chi connectivity index (χ0n) is 16.4. The molecule has 12 heteroatoms. The molecule has 3 N–H and O–H groups in total. The van der Waals surface area contributed by atoms with E-state index >= 15 is 0 Å². The third kappa shape index (κ3) is 5.75. The van der Waals surface area contributed by atoms with Crippen molar-refractivity contribution in [1.82, 2.24) is 30.5 Å². The molecule has 3 aromatic rings. The van der Waals surface area contributed by atoms with Crippen LogP contribution in [0.25, 0.3) is 11.1 Å². The first kappa shape index (κ1) is 22.2. The Kier molecular flexibility index (Phi) is 7.13. The molecule has 3 rings (SSSR count). The van der Waals surface area contributed by atoms with Crippen molar-refractivity contribution in [3.05, 3.63) is 53.9 Å². The lowest BCUT2D eigenvalue weighted by atomic mass is 9.99. The molecule has 0 saturated carbocycles. The highest BCUT2D eigenvalue weighted by Gasteiger charge is 2.26. The Balaban J connectivity index is 1.63. The van der Waals surface area contributed by atoms with Gasteiger partial charge in [0, 0.05) is 11.8 Å². The van der Waals surface area contributed by atoms with Crippen LogP contribution in [0.5, 0.6) is 0 Å². The van der Waals surface area contributed by atoms with E-state index in [0.717, 1.165) is 16.8 Å². The number of tetrazole rings is 1. The maximum absolute atomic E-state index is 13.1. The quantitative estimate of drug-likeness (QED) is 0.468. The third-order valence-corrected chi connectivity index (χ3v) is 4.42. The van der Waals surface area contributed by atoms with Crippen LogP contribution in [0.4, 0.5) is 19.1 Å². The minimum Gasteiger partial charge on any atom is -0.386 e. The summed E-state index contributed by atoms with van der Waals surface area (Å²) in [5.41, 5.74) is 2.62. The fourth-order valence-corrected chi connectivity index (χ4v) is 2.78. The van der Waals surface area contributed by atoms with E-state index in [9.17, 15) is 23.1 Å². The highest BCUT2D eigenvalue weighted by atomic mass is 19.3. The largest absolute Gasteiger partial charge is 0.386 e. The normalized spacial score (nSPS) is 13.1. The van der Waals surface area contributed by atoms with Crippen LogP contribution in [0.3, 0.4) is 0 Å². The molecule has 0 saturated heterocycles. The van der Waals surface area contributed by atoms with Gasteiger partial charge in [-0.15, -0.1) is 5.10 Å². The predicted octanol–water partition coefficient (Wildman–Crippen LogP) is 1.64. The van der Waals surface area contributed by atoms with Gasteiger partial charge >= 0.3 is 6.43 Å². The predicted molar refractivity (Wildman–Crippen MR) is 105 cm³/mol. The highest BCUT2D eigenvalue weighted by Crippen LogP contribution is 2.24. The number of nitrogens with zero attached hydrogens (tertiary/aromatic N) is 5. The van der Waals surface area contributed by atoms with Gasteiger partial charge in [0.2, 0.25) is 0 Å². The zero-order valence-corrected chi connectivity index (χ0v) is 16.4. The van der Waals surface area contributed by atoms with Crippen LogP contribution in [-0.4, -0.2) is 55.3 Å². The summed E-state index contributed by atoms with van der Waals surface area (Å²) in [4.78, 5) is 16.8. The Hall–Kier alpha value is -3.54. The summed E-state index contributed by atoms with van der Waals surface area (Å²) >= 11 is 0. The van der Waals surface area contributed by atoms with Gasteiger partial charge < -0.3 is 15.7 Å². The molecule has 164 valence electrons. The highest BCUT2D eigenvalue weighted by molar-refractivity contribution is 5.79. The molecule has 0 aliphatic carbocycles. The summed E-state index contributed by atoms with van der Waals surface area (Å²) in [5, 5.41) is 26.6. The Morgan fingerprint density at radius 1 is 1.16 bits per heavy atom. The lowest BCUT2D eigenvalue weighted by molar-refractivity contribution is -0.133. The van der Waals surface area contributed by atoms with E-state index in [4.69, 9.17) is 0 Å². The lowest BCUT2D eigenvalue weighted by Gasteiger charge is -2.22. The number of nitrogens with one attached hydrogen (secondary N) is 2. The number of alkyl halides is 3. The lowest BCUT2D eigenvalue weighted by Crippen LogP contribution is -2.43. The van der Waals surface area contributed by atoms with E-state index in [0.29, 0.717) is 12.5 Å². The number of aliphatic hydroxyl groups excluding tert-OH is 1. The van der Waals surface area contributed by atoms with Crippen molar-refractivity contribution >= 4 is 11.9 Å². The van der Waals surface area contributed by atoms with Gasteiger partial charge in [-0.05, 0) is 22.4 Å². The van der Waals surface area contributed by atoms with E-state index in [1.807, 2.05) is 12.1 Å². The minimum atomic E-state index is -3.29. The molecule has 0 unspecified atom stereocenters. The van der Waals surface area contributed by atoms with Crippen molar-refractivity contribution in [1.29, 1.82) is 0 Å². The van der Waals surface area contributed by atoms with Crippen LogP contribution >= 0.6 is 0 Å². The van der Waals surface area contributed by atoms with Crippen LogP contribution in [0, 0.1) is 0 Å². The molecular formula is C19H20F3N7O2. The fourth-order valence-electron chi connectivity index (χ4n) is 2.78. The average Bonchev–Trinajstić information content (AvgIpc) is 3.21. The number of aromatic nitrogens is 5. The minimum absolute atomic E-state index is 0.284. The number of carbonyl (C=O) groups is 1. The molecule has 0 fully saturated rings. The molecule has 0 radical (unpaired) electrons. The van der Waals surface area contributed by atoms with Crippen molar-refractivity contribution in [2.45, 2.75) is 25.1 Å². The number of carbonyl (C=O) groups excluding carboxylic acids is 1. The van der Waals surface area contributed by atoms with Crippen molar-refractivity contribution in [3.8, 4) is 11.1 Å². The van der Waals surface area contributed by atoms with Gasteiger partial charge in [0.1, 0.15) is 12.8 Å². The topological polar surface area (TPSA) is 118 Å². The maximum Gasteiger partial charge on any atom is 0.315 e. The number of benzene rings is 1. The van der Waals surface area contributed by atoms with Gasteiger partial charge in [-0.2, -0.15) is 13.6 Å². The Morgan fingerprint density at radius 2 is 1.87 bits per heavy atom. The van der Waals surface area contributed by atoms with Crippen LogP contribution in [-0.2, 0) is 18.4 Å². The number of amides is 1. The van der Waals surface area contributed by atoms with Crippen LogP contribution in [0.15, 0.2) is 42.6 Å². The Morgan fingerprint density at radius 3 is 2.42 bits per heavy atom. The standard InChI is InChI=1S/C19H20F3N7O2/c1-29-27-19(26-28-29)24-10-14-7-6-13(9-23-14)11-2-4-12(5-3-11)16(30)15(8-20)25-18(31)17(21)22/h2-7,9,15-17,30H,8,10H2,1H3,(H,24,27)(H,25,31)/t15-,16-/m1/s1. The zero-order chi connectivity index (χ0) is 22.4. The molecule has 9 nitrogen and oxygen atoms in total. The number of aryl methyl sites for hydroxylation is 1. The molecule has 0 aliphatic heterocycles. The molecule has 2 aromatic heterocycles. The molecule has 0 spiro atoms. The fraction of sp³-hybridized carbons (Fsp3) is 0.316. The molecule has 0 aliphatic rings. The van der Waals surface area contributed by atoms with E-state index in [1.165, 1.54) is 16.9 Å². The van der Waals surface area contributed by atoms with Gasteiger partial charge in [-0.3, -0.25) is 9.78 Å². The summed E-state index contributed by atoms with van der Waals surface area (Å²) in [6.07, 6.45) is -3.09. The SMILES string of the molecule is Cn1nnc(NCc2ccc(-c3ccc([C@@H](O)[C@@H](CF)NC(=O)C(F)F)cc3)cn2)n1. The molecule has 31 heavy (non-hydrogen) atoms. The second-order valence-corrected chi connectivity index (χ2v) is 6.63. The third-order valence-electron chi connectivity index (χ3n) is 4.42. The number of rotatable bonds is 9. The van der Waals surface area contributed by atoms with Crippen molar-refractivity contribution in [2.24, 2.45) is 7.05 Å². The van der Waals surface area contributed by atoms with Crippen molar-refractivity contribution < 1.29 is 23.1 Å². The van der Waals surface area contributed by atoms with E-state index in [1.54, 1.807) is 30.7 Å². The summed E-state index contributed by atoms with van der Waals surface area (Å²) < 4.78 is 37.8. The van der Waals surface area contributed by atoms with E-state index in [2.05, 4.69) is 25.7 Å². The Bertz CT molecular complexity index is 996. The smallest absolute Gasteiger partial charge is 0.315 e. The average molecular weight is 435 g/mol. The van der Waals surface area contributed by atoms with Gasteiger partial charge in [0.25, 0.3) is 11.9 Å². The first-order chi connectivity index (χ1) is 14.9. The number of hydrogen-bond donors (Lipinski definition) is 3. The maximum atomic E-state index is 13.1. The van der Waals surface area contributed by atoms with Gasteiger partial charge in [-0.25, -0.2) is 4.39 Å². The second kappa shape index (κ2) is 9.98. The second-order valence-electron chi connectivity index (χ2n) is 6.63. The molecule has 0 bridgehead atoms. The van der Waals surface area contributed by atoms with Crippen molar-refractivity contribution in [2.75, 3.05) is 12.0 Å². The summed E-state index contributed by atoms with van der Waals surface area (Å²) in [7, 11) is 1.66. The molecule has 1 amide bonds. The van der Waals surface area contributed by atoms with Gasteiger partial charge in [-0.1, -0.05) is 35.4 Å². The van der Waals surface area contributed by atoms with Gasteiger partial charge in [0.05, 0.1) is 25.3 Å². The number of pyridine rings is 1. The summed E-state index contributed by atoms with van der Waals surface area (Å²) in [6, 6.07) is 8.64.